The van der Waals surface area contributed by atoms with Gasteiger partial charge in [0.15, 0.2) is 0 Å². The van der Waals surface area contributed by atoms with Crippen LogP contribution in [0.15, 0.2) is 48.5 Å². The number of carbonyl (C=O) groups is 1. The van der Waals surface area contributed by atoms with E-state index in [1.54, 1.807) is 0 Å². The number of halogens is 1. The van der Waals surface area contributed by atoms with Crippen molar-refractivity contribution in [3.05, 3.63) is 64.7 Å². The highest BCUT2D eigenvalue weighted by Gasteiger charge is 2.25. The summed E-state index contributed by atoms with van der Waals surface area (Å²) in [6.07, 6.45) is 2.00. The molecule has 2 aromatic rings. The van der Waals surface area contributed by atoms with Gasteiger partial charge in [-0.2, -0.15) is 0 Å². The number of aryl methyl sites for hydroxylation is 1. The number of hydrogen-bond acceptors (Lipinski definition) is 2. The van der Waals surface area contributed by atoms with Gasteiger partial charge in [-0.1, -0.05) is 35.9 Å². The van der Waals surface area contributed by atoms with Gasteiger partial charge in [0.2, 0.25) is 5.91 Å². The number of rotatable bonds is 4. The monoisotopic (exact) mass is 342 g/mol. The van der Waals surface area contributed by atoms with Crippen molar-refractivity contribution in [2.24, 2.45) is 5.92 Å². The second kappa shape index (κ2) is 7.82. The summed E-state index contributed by atoms with van der Waals surface area (Å²) < 4.78 is 0. The van der Waals surface area contributed by atoms with Gasteiger partial charge in [-0.3, -0.25) is 9.69 Å². The Hall–Kier alpha value is -1.84. The van der Waals surface area contributed by atoms with Crippen LogP contribution in [0.4, 0.5) is 5.69 Å². The second-order valence-electron chi connectivity index (χ2n) is 6.56. The summed E-state index contributed by atoms with van der Waals surface area (Å²) in [6, 6.07) is 15.9. The molecule has 1 fully saturated rings. The van der Waals surface area contributed by atoms with E-state index in [0.717, 1.165) is 48.7 Å². The summed E-state index contributed by atoms with van der Waals surface area (Å²) in [5, 5.41) is 3.82. The van der Waals surface area contributed by atoms with E-state index in [9.17, 15) is 4.79 Å². The molecule has 1 N–H and O–H groups in total. The Morgan fingerprint density at radius 1 is 1.25 bits per heavy atom. The molecule has 1 aliphatic rings. The lowest BCUT2D eigenvalue weighted by Gasteiger charge is -2.32. The van der Waals surface area contributed by atoms with Gasteiger partial charge in [-0.15, -0.1) is 0 Å². The van der Waals surface area contributed by atoms with Gasteiger partial charge in [0.25, 0.3) is 0 Å². The zero-order valence-electron chi connectivity index (χ0n) is 14.0. The van der Waals surface area contributed by atoms with E-state index >= 15 is 0 Å². The third kappa shape index (κ3) is 4.59. The molecule has 1 unspecified atom stereocenters. The Bertz CT molecular complexity index is 716. The zero-order valence-corrected chi connectivity index (χ0v) is 14.7. The average molecular weight is 343 g/mol. The predicted octanol–water partition coefficient (Wildman–Crippen LogP) is 4.50. The normalized spacial score (nSPS) is 18.3. The van der Waals surface area contributed by atoms with E-state index in [-0.39, 0.29) is 11.8 Å². The van der Waals surface area contributed by atoms with Crippen molar-refractivity contribution >= 4 is 23.2 Å². The minimum Gasteiger partial charge on any atom is -0.326 e. The third-order valence-corrected chi connectivity index (χ3v) is 4.69. The highest BCUT2D eigenvalue weighted by atomic mass is 35.5. The Morgan fingerprint density at radius 2 is 2.08 bits per heavy atom. The van der Waals surface area contributed by atoms with Crippen LogP contribution in [0.3, 0.4) is 0 Å². The molecule has 0 radical (unpaired) electrons. The van der Waals surface area contributed by atoms with Crippen LogP contribution in [0.25, 0.3) is 0 Å². The van der Waals surface area contributed by atoms with Crippen LogP contribution in [0, 0.1) is 12.8 Å². The van der Waals surface area contributed by atoms with E-state index in [1.807, 2.05) is 49.4 Å². The van der Waals surface area contributed by atoms with Crippen LogP contribution in [0.2, 0.25) is 5.02 Å². The molecular formula is C20H23ClN2O. The van der Waals surface area contributed by atoms with Gasteiger partial charge >= 0.3 is 0 Å². The molecule has 3 rings (SSSR count). The van der Waals surface area contributed by atoms with E-state index in [0.29, 0.717) is 0 Å². The first-order valence-corrected chi connectivity index (χ1v) is 8.82. The molecule has 1 saturated heterocycles. The first-order chi connectivity index (χ1) is 11.6. The highest BCUT2D eigenvalue weighted by Crippen LogP contribution is 2.21. The Morgan fingerprint density at radius 3 is 2.88 bits per heavy atom. The maximum Gasteiger partial charge on any atom is 0.228 e. The Balaban J connectivity index is 1.59. The molecule has 0 spiro atoms. The largest absolute Gasteiger partial charge is 0.326 e. The van der Waals surface area contributed by atoms with Crippen molar-refractivity contribution < 1.29 is 4.79 Å². The average Bonchev–Trinajstić information content (AvgIpc) is 2.55. The van der Waals surface area contributed by atoms with E-state index in [2.05, 4.69) is 16.3 Å². The molecule has 4 heteroatoms. The van der Waals surface area contributed by atoms with Crippen LogP contribution in [0.1, 0.15) is 24.0 Å². The van der Waals surface area contributed by atoms with E-state index in [1.165, 1.54) is 5.56 Å². The number of amides is 1. The lowest BCUT2D eigenvalue weighted by atomic mass is 9.96. The molecule has 0 saturated carbocycles. The van der Waals surface area contributed by atoms with Crippen LogP contribution in [-0.4, -0.2) is 23.9 Å². The number of carbonyl (C=O) groups excluding carboxylic acids is 1. The summed E-state index contributed by atoms with van der Waals surface area (Å²) in [6.45, 7) is 4.70. The fourth-order valence-electron chi connectivity index (χ4n) is 3.27. The van der Waals surface area contributed by atoms with Crippen molar-refractivity contribution in [3.63, 3.8) is 0 Å². The van der Waals surface area contributed by atoms with Crippen molar-refractivity contribution in [3.8, 4) is 0 Å². The molecule has 0 bridgehead atoms. The Kier molecular flexibility index (Phi) is 5.54. The van der Waals surface area contributed by atoms with Crippen LogP contribution in [-0.2, 0) is 11.3 Å². The van der Waals surface area contributed by atoms with Gasteiger partial charge in [0.1, 0.15) is 0 Å². The molecule has 1 heterocycles. The van der Waals surface area contributed by atoms with Crippen molar-refractivity contribution in [1.29, 1.82) is 0 Å². The molecule has 1 aliphatic heterocycles. The quantitative estimate of drug-likeness (QED) is 0.887. The molecule has 1 amide bonds. The molecule has 0 aliphatic carbocycles. The number of nitrogens with zero attached hydrogens (tertiary/aromatic N) is 1. The van der Waals surface area contributed by atoms with Crippen LogP contribution in [0.5, 0.6) is 0 Å². The summed E-state index contributed by atoms with van der Waals surface area (Å²) in [5.74, 6) is 0.162. The second-order valence-corrected chi connectivity index (χ2v) is 7.00. The number of piperidine rings is 1. The van der Waals surface area contributed by atoms with E-state index in [4.69, 9.17) is 11.6 Å². The number of nitrogens with one attached hydrogen (secondary N) is 1. The maximum atomic E-state index is 12.6. The number of benzene rings is 2. The van der Waals surface area contributed by atoms with Gasteiger partial charge in [0.05, 0.1) is 5.92 Å². The van der Waals surface area contributed by atoms with Gasteiger partial charge in [0, 0.05) is 23.8 Å². The summed E-state index contributed by atoms with van der Waals surface area (Å²) in [5.41, 5.74) is 3.23. The summed E-state index contributed by atoms with van der Waals surface area (Å²) in [4.78, 5) is 14.9. The summed E-state index contributed by atoms with van der Waals surface area (Å²) >= 11 is 6.06. The number of hydrogen-bond donors (Lipinski definition) is 1. The minimum absolute atomic E-state index is 0.0402. The van der Waals surface area contributed by atoms with Crippen molar-refractivity contribution in [2.75, 3.05) is 18.4 Å². The van der Waals surface area contributed by atoms with E-state index < -0.39 is 0 Å². The van der Waals surface area contributed by atoms with Crippen LogP contribution >= 0.6 is 11.6 Å². The van der Waals surface area contributed by atoms with Crippen molar-refractivity contribution in [2.45, 2.75) is 26.3 Å². The first-order valence-electron chi connectivity index (χ1n) is 8.44. The van der Waals surface area contributed by atoms with Crippen LogP contribution < -0.4 is 5.32 Å². The highest BCUT2D eigenvalue weighted by molar-refractivity contribution is 6.30. The number of likely N-dealkylation sites (tertiary alicyclic amines) is 1. The summed E-state index contributed by atoms with van der Waals surface area (Å²) in [7, 11) is 0. The third-order valence-electron chi connectivity index (χ3n) is 4.46. The molecule has 24 heavy (non-hydrogen) atoms. The van der Waals surface area contributed by atoms with Crippen molar-refractivity contribution in [1.82, 2.24) is 4.90 Å². The Labute approximate surface area is 148 Å². The fraction of sp³-hybridized carbons (Fsp3) is 0.350. The molecule has 3 nitrogen and oxygen atoms in total. The molecule has 2 aromatic carbocycles. The standard InChI is InChI=1S/C20H23ClN2O/c1-15-5-2-9-19(11-15)22-20(24)17-7-4-10-23(14-17)13-16-6-3-8-18(21)12-16/h2-3,5-6,8-9,11-12,17H,4,7,10,13-14H2,1H3,(H,22,24). The number of anilines is 1. The minimum atomic E-state index is 0.0402. The smallest absolute Gasteiger partial charge is 0.228 e. The fourth-order valence-corrected chi connectivity index (χ4v) is 3.49. The molecule has 1 atom stereocenters. The molecular weight excluding hydrogens is 320 g/mol. The maximum absolute atomic E-state index is 12.6. The molecule has 0 aromatic heterocycles. The lowest BCUT2D eigenvalue weighted by Crippen LogP contribution is -2.40. The van der Waals surface area contributed by atoms with Gasteiger partial charge < -0.3 is 5.32 Å². The lowest BCUT2D eigenvalue weighted by molar-refractivity contribution is -0.121. The molecule has 126 valence electrons. The first kappa shape index (κ1) is 17.0. The predicted molar refractivity (Wildman–Crippen MR) is 99.3 cm³/mol. The topological polar surface area (TPSA) is 32.3 Å². The van der Waals surface area contributed by atoms with Gasteiger partial charge in [-0.05, 0) is 61.7 Å². The zero-order chi connectivity index (χ0) is 16.9. The van der Waals surface area contributed by atoms with Gasteiger partial charge in [-0.25, -0.2) is 0 Å². The SMILES string of the molecule is Cc1cccc(NC(=O)C2CCCN(Cc3cccc(Cl)c3)C2)c1.